The average molecular weight is 537 g/mol. The van der Waals surface area contributed by atoms with Crippen LogP contribution in [0.25, 0.3) is 6.08 Å². The highest BCUT2D eigenvalue weighted by molar-refractivity contribution is 6.30. The van der Waals surface area contributed by atoms with Gasteiger partial charge in [0.25, 0.3) is 0 Å². The molecule has 1 saturated heterocycles. The van der Waals surface area contributed by atoms with Crippen LogP contribution in [-0.4, -0.2) is 63.3 Å². The van der Waals surface area contributed by atoms with Gasteiger partial charge in [0.05, 0.1) is 32.5 Å². The molecular formula is C29H29ClN2O6. The molecular weight excluding hydrogens is 508 g/mol. The van der Waals surface area contributed by atoms with E-state index < -0.39 is 0 Å². The van der Waals surface area contributed by atoms with Gasteiger partial charge in [-0.3, -0.25) is 9.69 Å². The summed E-state index contributed by atoms with van der Waals surface area (Å²) in [5.41, 5.74) is 2.70. The first kappa shape index (κ1) is 25.8. The van der Waals surface area contributed by atoms with Gasteiger partial charge in [-0.1, -0.05) is 17.7 Å². The van der Waals surface area contributed by atoms with Crippen molar-refractivity contribution in [1.82, 2.24) is 4.90 Å². The van der Waals surface area contributed by atoms with E-state index in [2.05, 4.69) is 15.9 Å². The summed E-state index contributed by atoms with van der Waals surface area (Å²) in [6, 6.07) is 14.4. The molecule has 5 rings (SSSR count). The summed E-state index contributed by atoms with van der Waals surface area (Å²) in [6.07, 6.45) is 1.62. The van der Waals surface area contributed by atoms with E-state index in [0.717, 1.165) is 31.9 Å². The molecule has 38 heavy (non-hydrogen) atoms. The fourth-order valence-corrected chi connectivity index (χ4v) is 5.00. The molecule has 3 aromatic rings. The SMILES string of the molecule is COc1cc(OC)c(OC)cc1/C=C1\Oc2c(ccc(O)c2CN2CCN(c3cccc(Cl)c3)CC2)C1=O. The van der Waals surface area contributed by atoms with Crippen LogP contribution in [0.4, 0.5) is 5.69 Å². The molecule has 0 radical (unpaired) electrons. The number of Topliss-reactive ketones (excluding diaryl/α,β-unsaturated/α-hetero) is 1. The largest absolute Gasteiger partial charge is 0.507 e. The van der Waals surface area contributed by atoms with Crippen LogP contribution in [0.3, 0.4) is 0 Å². The average Bonchev–Trinajstić information content (AvgIpc) is 3.25. The monoisotopic (exact) mass is 536 g/mol. The van der Waals surface area contributed by atoms with Crippen LogP contribution < -0.4 is 23.8 Å². The summed E-state index contributed by atoms with van der Waals surface area (Å²) in [5, 5.41) is 11.4. The third-order valence-corrected chi connectivity index (χ3v) is 7.10. The molecule has 0 atom stereocenters. The standard InChI is InChI=1S/C29H29ClN2O6/c1-35-24-16-26(37-3)25(36-2)13-18(24)14-27-28(34)21-7-8-23(33)22(29(21)38-27)17-31-9-11-32(12-10-31)20-6-4-5-19(30)15-20/h4-8,13-16,33H,9-12,17H2,1-3H3/b27-14-. The summed E-state index contributed by atoms with van der Waals surface area (Å²) in [7, 11) is 4.62. The Morgan fingerprint density at radius 3 is 2.34 bits per heavy atom. The van der Waals surface area contributed by atoms with Gasteiger partial charge >= 0.3 is 0 Å². The number of ketones is 1. The number of carbonyl (C=O) groups is 1. The molecule has 0 unspecified atom stereocenters. The lowest BCUT2D eigenvalue weighted by Crippen LogP contribution is -2.46. The minimum absolute atomic E-state index is 0.0961. The van der Waals surface area contributed by atoms with E-state index >= 15 is 0 Å². The number of aromatic hydroxyl groups is 1. The Morgan fingerprint density at radius 1 is 0.947 bits per heavy atom. The molecule has 8 nitrogen and oxygen atoms in total. The van der Waals surface area contributed by atoms with Gasteiger partial charge in [-0.05, 0) is 42.5 Å². The first-order valence-electron chi connectivity index (χ1n) is 12.2. The Labute approximate surface area is 226 Å². The minimum atomic E-state index is -0.260. The summed E-state index contributed by atoms with van der Waals surface area (Å²) in [4.78, 5) is 17.8. The number of phenols is 1. The van der Waals surface area contributed by atoms with Crippen molar-refractivity contribution in [3.05, 3.63) is 76.0 Å². The first-order chi connectivity index (χ1) is 18.4. The van der Waals surface area contributed by atoms with E-state index in [-0.39, 0.29) is 17.3 Å². The van der Waals surface area contributed by atoms with E-state index in [9.17, 15) is 9.90 Å². The highest BCUT2D eigenvalue weighted by Gasteiger charge is 2.32. The zero-order valence-electron chi connectivity index (χ0n) is 21.5. The molecule has 3 aromatic carbocycles. The summed E-state index contributed by atoms with van der Waals surface area (Å²) in [5.74, 6) is 1.88. The van der Waals surface area contributed by atoms with Crippen LogP contribution in [0.2, 0.25) is 5.02 Å². The van der Waals surface area contributed by atoms with Crippen molar-refractivity contribution in [3.8, 4) is 28.7 Å². The maximum atomic E-state index is 13.3. The quantitative estimate of drug-likeness (QED) is 0.422. The van der Waals surface area contributed by atoms with Crippen LogP contribution in [0.1, 0.15) is 21.5 Å². The number of fused-ring (bicyclic) bond motifs is 1. The van der Waals surface area contributed by atoms with E-state index in [1.807, 2.05) is 18.2 Å². The second kappa shape index (κ2) is 10.8. The first-order valence-corrected chi connectivity index (χ1v) is 12.6. The number of ether oxygens (including phenoxy) is 4. The van der Waals surface area contributed by atoms with Gasteiger partial charge in [0.1, 0.15) is 17.2 Å². The van der Waals surface area contributed by atoms with Gasteiger partial charge in [-0.25, -0.2) is 0 Å². The number of phenolic OH excluding ortho intramolecular Hbond substituents is 1. The van der Waals surface area contributed by atoms with Gasteiger partial charge in [-0.15, -0.1) is 0 Å². The van der Waals surface area contributed by atoms with Crippen LogP contribution in [0.15, 0.2) is 54.3 Å². The third kappa shape index (κ3) is 4.97. The minimum Gasteiger partial charge on any atom is -0.507 e. The van der Waals surface area contributed by atoms with Crippen LogP contribution in [-0.2, 0) is 6.54 Å². The number of piperazine rings is 1. The number of halogens is 1. The van der Waals surface area contributed by atoms with Gasteiger partial charge in [0.2, 0.25) is 5.78 Å². The van der Waals surface area contributed by atoms with Gasteiger partial charge < -0.3 is 29.0 Å². The zero-order valence-corrected chi connectivity index (χ0v) is 22.2. The molecule has 1 N–H and O–H groups in total. The smallest absolute Gasteiger partial charge is 0.231 e. The maximum Gasteiger partial charge on any atom is 0.231 e. The van der Waals surface area contributed by atoms with E-state index in [1.54, 1.807) is 37.5 Å². The van der Waals surface area contributed by atoms with Crippen LogP contribution in [0.5, 0.6) is 28.7 Å². The molecule has 2 aliphatic rings. The number of hydrogen-bond acceptors (Lipinski definition) is 8. The summed E-state index contributed by atoms with van der Waals surface area (Å²) >= 11 is 6.16. The lowest BCUT2D eigenvalue weighted by atomic mass is 10.0. The van der Waals surface area contributed by atoms with Crippen LogP contribution in [0, 0.1) is 0 Å². The fourth-order valence-electron chi connectivity index (χ4n) is 4.82. The van der Waals surface area contributed by atoms with Crippen molar-refractivity contribution in [3.63, 3.8) is 0 Å². The van der Waals surface area contributed by atoms with Crippen molar-refractivity contribution in [1.29, 1.82) is 0 Å². The summed E-state index contributed by atoms with van der Waals surface area (Å²) < 4.78 is 22.3. The predicted octanol–water partition coefficient (Wildman–Crippen LogP) is 5.01. The molecule has 1 fully saturated rings. The Morgan fingerprint density at radius 2 is 1.66 bits per heavy atom. The number of rotatable bonds is 7. The molecule has 0 aromatic heterocycles. The Balaban J connectivity index is 1.37. The predicted molar refractivity (Wildman–Crippen MR) is 146 cm³/mol. The molecule has 2 aliphatic heterocycles. The van der Waals surface area contributed by atoms with Crippen molar-refractivity contribution < 1.29 is 28.8 Å². The Bertz CT molecular complexity index is 1400. The molecule has 198 valence electrons. The third-order valence-electron chi connectivity index (χ3n) is 6.87. The van der Waals surface area contributed by atoms with Gasteiger partial charge in [-0.2, -0.15) is 0 Å². The topological polar surface area (TPSA) is 80.7 Å². The molecule has 0 spiro atoms. The second-order valence-electron chi connectivity index (χ2n) is 9.07. The highest BCUT2D eigenvalue weighted by atomic mass is 35.5. The van der Waals surface area contributed by atoms with Gasteiger partial charge in [0, 0.05) is 55.1 Å². The van der Waals surface area contributed by atoms with Crippen molar-refractivity contribution >= 4 is 29.1 Å². The Hall–Kier alpha value is -3.88. The van der Waals surface area contributed by atoms with Crippen LogP contribution >= 0.6 is 11.6 Å². The number of methoxy groups -OCH3 is 3. The van der Waals surface area contributed by atoms with E-state index in [4.69, 9.17) is 30.5 Å². The molecule has 0 saturated carbocycles. The number of hydrogen-bond donors (Lipinski definition) is 1. The number of anilines is 1. The highest BCUT2D eigenvalue weighted by Crippen LogP contribution is 2.42. The van der Waals surface area contributed by atoms with Crippen molar-refractivity contribution in [2.45, 2.75) is 6.54 Å². The second-order valence-corrected chi connectivity index (χ2v) is 9.51. The number of allylic oxidation sites excluding steroid dienone is 1. The summed E-state index contributed by atoms with van der Waals surface area (Å²) in [6.45, 7) is 3.67. The van der Waals surface area contributed by atoms with Crippen molar-refractivity contribution in [2.24, 2.45) is 0 Å². The maximum absolute atomic E-state index is 13.3. The van der Waals surface area contributed by atoms with E-state index in [0.29, 0.717) is 51.3 Å². The molecule has 0 amide bonds. The zero-order chi connectivity index (χ0) is 26.8. The number of carbonyl (C=O) groups excluding carboxylic acids is 1. The molecule has 9 heteroatoms. The number of benzene rings is 3. The lowest BCUT2D eigenvalue weighted by Gasteiger charge is -2.36. The fraction of sp³-hybridized carbons (Fsp3) is 0.276. The lowest BCUT2D eigenvalue weighted by molar-refractivity contribution is 0.101. The molecule has 0 aliphatic carbocycles. The van der Waals surface area contributed by atoms with E-state index in [1.165, 1.54) is 14.2 Å². The molecule has 2 heterocycles. The van der Waals surface area contributed by atoms with Crippen molar-refractivity contribution in [2.75, 3.05) is 52.4 Å². The normalized spacial score (nSPS) is 16.4. The Kier molecular flexibility index (Phi) is 7.35. The number of nitrogens with zero attached hydrogens (tertiary/aromatic N) is 2. The van der Waals surface area contributed by atoms with Gasteiger partial charge in [0.15, 0.2) is 17.3 Å². The molecule has 0 bridgehead atoms.